The van der Waals surface area contributed by atoms with Gasteiger partial charge in [-0.3, -0.25) is 4.79 Å². The van der Waals surface area contributed by atoms with E-state index in [9.17, 15) is 18.0 Å². The smallest absolute Gasteiger partial charge is 0.344 e. The molecule has 0 aliphatic heterocycles. The maximum Gasteiger partial charge on any atom is 0.416 e. The second-order valence-corrected chi connectivity index (χ2v) is 7.01. The number of nitrogens with two attached hydrogens (primary N) is 1. The van der Waals surface area contributed by atoms with E-state index < -0.39 is 23.2 Å². The minimum atomic E-state index is -4.44. The Morgan fingerprint density at radius 2 is 1.96 bits per heavy atom. The molecule has 0 bridgehead atoms. The van der Waals surface area contributed by atoms with Crippen LogP contribution < -0.4 is 11.1 Å². The number of amides is 1. The van der Waals surface area contributed by atoms with E-state index in [4.69, 9.17) is 5.73 Å². The highest BCUT2D eigenvalue weighted by Gasteiger charge is 2.31. The lowest BCUT2D eigenvalue weighted by molar-refractivity contribution is -0.137. The summed E-state index contributed by atoms with van der Waals surface area (Å²) < 4.78 is 39.8. The monoisotopic (exact) mass is 404 g/mol. The molecule has 0 aliphatic rings. The van der Waals surface area contributed by atoms with Crippen LogP contribution in [0, 0.1) is 5.92 Å². The molecule has 1 amide bonds. The van der Waals surface area contributed by atoms with E-state index in [2.05, 4.69) is 10.4 Å². The molecule has 2 rings (SSSR count). The van der Waals surface area contributed by atoms with Gasteiger partial charge in [0.2, 0.25) is 0 Å². The van der Waals surface area contributed by atoms with Gasteiger partial charge in [0.05, 0.1) is 16.8 Å². The summed E-state index contributed by atoms with van der Waals surface area (Å²) in [6.45, 7) is 6.19. The second-order valence-electron chi connectivity index (χ2n) is 7.01. The highest BCUT2D eigenvalue weighted by molar-refractivity contribution is 5.92. The Morgan fingerprint density at radius 3 is 2.52 bits per heavy atom. The molecular weight excluding hydrogens is 381 g/mol. The fourth-order valence-electron chi connectivity index (χ4n) is 2.84. The van der Waals surface area contributed by atoms with Crippen molar-refractivity contribution in [3.8, 4) is 5.69 Å². The summed E-state index contributed by atoms with van der Waals surface area (Å²) in [5.41, 5.74) is 4.78. The number of halogens is 4. The van der Waals surface area contributed by atoms with Crippen molar-refractivity contribution in [1.29, 1.82) is 0 Å². The summed E-state index contributed by atoms with van der Waals surface area (Å²) in [6.07, 6.45) is -2.29. The lowest BCUT2D eigenvalue weighted by Gasteiger charge is -2.30. The Labute approximate surface area is 162 Å². The molecule has 1 aromatic heterocycles. The summed E-state index contributed by atoms with van der Waals surface area (Å²) in [4.78, 5) is 12.4. The maximum atomic E-state index is 12.8. The Hall–Kier alpha value is -2.06. The molecule has 9 heteroatoms. The van der Waals surface area contributed by atoms with Gasteiger partial charge >= 0.3 is 6.18 Å². The molecule has 1 atom stereocenters. The van der Waals surface area contributed by atoms with Crippen molar-refractivity contribution in [2.24, 2.45) is 11.7 Å². The van der Waals surface area contributed by atoms with Crippen LogP contribution in [-0.2, 0) is 6.18 Å². The topological polar surface area (TPSA) is 72.9 Å². The molecule has 0 saturated carbocycles. The van der Waals surface area contributed by atoms with Crippen LogP contribution in [0.25, 0.3) is 5.69 Å². The van der Waals surface area contributed by atoms with Crippen LogP contribution in [-0.4, -0.2) is 27.8 Å². The Kier molecular flexibility index (Phi) is 7.45. The number of carbonyl (C=O) groups excluding carboxylic acids is 1. The molecule has 2 aromatic rings. The molecule has 5 nitrogen and oxygen atoms in total. The zero-order chi connectivity index (χ0) is 19.5. The Morgan fingerprint density at radius 1 is 1.30 bits per heavy atom. The van der Waals surface area contributed by atoms with Crippen LogP contribution >= 0.6 is 12.4 Å². The van der Waals surface area contributed by atoms with Crippen molar-refractivity contribution in [1.82, 2.24) is 15.1 Å². The standard InChI is InChI=1S/C18H23F3N4O.ClH/c1-12(2)10-17(3,11-22)23-16(26)15-7-8-25(24-15)14-6-4-5-13(9-14)18(19,20)21;/h4-9,12H,10-11,22H2,1-3H3,(H,23,26);1H. The third-order valence-electron chi connectivity index (χ3n) is 3.98. The highest BCUT2D eigenvalue weighted by Crippen LogP contribution is 2.30. The van der Waals surface area contributed by atoms with Crippen molar-refractivity contribution in [2.75, 3.05) is 6.54 Å². The van der Waals surface area contributed by atoms with Crippen LogP contribution in [0.2, 0.25) is 0 Å². The van der Waals surface area contributed by atoms with Gasteiger partial charge in [0.15, 0.2) is 5.69 Å². The Bertz CT molecular complexity index is 776. The number of benzene rings is 1. The van der Waals surface area contributed by atoms with Gasteiger partial charge in [0, 0.05) is 12.7 Å². The van der Waals surface area contributed by atoms with Gasteiger partial charge in [-0.1, -0.05) is 19.9 Å². The van der Waals surface area contributed by atoms with Crippen molar-refractivity contribution < 1.29 is 18.0 Å². The quantitative estimate of drug-likeness (QED) is 0.769. The van der Waals surface area contributed by atoms with Gasteiger partial charge in [-0.2, -0.15) is 18.3 Å². The van der Waals surface area contributed by atoms with Crippen LogP contribution in [0.1, 0.15) is 43.2 Å². The summed E-state index contributed by atoms with van der Waals surface area (Å²) in [7, 11) is 0. The zero-order valence-corrected chi connectivity index (χ0v) is 16.2. The SMILES string of the molecule is CC(C)CC(C)(CN)NC(=O)c1ccn(-c2cccc(C(F)(F)F)c2)n1.Cl. The minimum Gasteiger partial charge on any atom is -0.344 e. The molecule has 3 N–H and O–H groups in total. The first-order chi connectivity index (χ1) is 12.0. The van der Waals surface area contributed by atoms with Crippen LogP contribution in [0.15, 0.2) is 36.5 Å². The van der Waals surface area contributed by atoms with Gasteiger partial charge in [-0.05, 0) is 43.5 Å². The van der Waals surface area contributed by atoms with Gasteiger partial charge in [-0.25, -0.2) is 4.68 Å². The lowest BCUT2D eigenvalue weighted by Crippen LogP contribution is -2.52. The van der Waals surface area contributed by atoms with E-state index in [1.54, 1.807) is 0 Å². The number of nitrogens with zero attached hydrogens (tertiary/aromatic N) is 2. The number of alkyl halides is 3. The van der Waals surface area contributed by atoms with E-state index in [-0.39, 0.29) is 30.3 Å². The summed E-state index contributed by atoms with van der Waals surface area (Å²) >= 11 is 0. The van der Waals surface area contributed by atoms with E-state index in [0.29, 0.717) is 12.3 Å². The largest absolute Gasteiger partial charge is 0.416 e. The number of aromatic nitrogens is 2. The normalized spacial score (nSPS) is 13.8. The number of nitrogens with one attached hydrogen (secondary N) is 1. The number of rotatable bonds is 6. The zero-order valence-electron chi connectivity index (χ0n) is 15.4. The molecule has 1 heterocycles. The van der Waals surface area contributed by atoms with E-state index in [0.717, 1.165) is 12.1 Å². The molecule has 0 saturated heterocycles. The average Bonchev–Trinajstić information content (AvgIpc) is 3.03. The lowest BCUT2D eigenvalue weighted by atomic mass is 9.90. The van der Waals surface area contributed by atoms with Crippen LogP contribution in [0.3, 0.4) is 0 Å². The first-order valence-electron chi connectivity index (χ1n) is 8.30. The van der Waals surface area contributed by atoms with Crippen molar-refractivity contribution in [3.05, 3.63) is 47.8 Å². The third kappa shape index (κ3) is 5.97. The molecule has 150 valence electrons. The number of hydrogen-bond donors (Lipinski definition) is 2. The maximum absolute atomic E-state index is 12.8. The summed E-state index contributed by atoms with van der Waals surface area (Å²) in [6, 6.07) is 6.22. The molecule has 1 aromatic carbocycles. The molecular formula is C18H24ClF3N4O. The summed E-state index contributed by atoms with van der Waals surface area (Å²) in [5.74, 6) is -0.0733. The second kappa shape index (κ2) is 8.75. The van der Waals surface area contributed by atoms with Gasteiger partial charge in [0.25, 0.3) is 5.91 Å². The average molecular weight is 405 g/mol. The third-order valence-corrected chi connectivity index (χ3v) is 3.98. The summed E-state index contributed by atoms with van der Waals surface area (Å²) in [5, 5.41) is 6.97. The predicted octanol–water partition coefficient (Wildman–Crippen LogP) is 3.81. The molecule has 0 spiro atoms. The van der Waals surface area contributed by atoms with E-state index in [1.165, 1.54) is 29.1 Å². The fourth-order valence-corrected chi connectivity index (χ4v) is 2.84. The van der Waals surface area contributed by atoms with Crippen LogP contribution in [0.5, 0.6) is 0 Å². The first-order valence-corrected chi connectivity index (χ1v) is 8.30. The predicted molar refractivity (Wildman–Crippen MR) is 100 cm³/mol. The molecule has 1 unspecified atom stereocenters. The van der Waals surface area contributed by atoms with Gasteiger partial charge < -0.3 is 11.1 Å². The minimum absolute atomic E-state index is 0. The number of carbonyl (C=O) groups is 1. The van der Waals surface area contributed by atoms with E-state index >= 15 is 0 Å². The highest BCUT2D eigenvalue weighted by atomic mass is 35.5. The molecule has 0 radical (unpaired) electrons. The van der Waals surface area contributed by atoms with Gasteiger partial charge in [-0.15, -0.1) is 12.4 Å². The molecule has 0 aliphatic carbocycles. The van der Waals surface area contributed by atoms with Crippen molar-refractivity contribution in [3.63, 3.8) is 0 Å². The Balaban J connectivity index is 0.00000364. The first kappa shape index (κ1) is 23.0. The molecule has 27 heavy (non-hydrogen) atoms. The molecule has 0 fully saturated rings. The van der Waals surface area contributed by atoms with E-state index in [1.807, 2.05) is 20.8 Å². The van der Waals surface area contributed by atoms with Crippen molar-refractivity contribution >= 4 is 18.3 Å². The van der Waals surface area contributed by atoms with Crippen LogP contribution in [0.4, 0.5) is 13.2 Å². The van der Waals surface area contributed by atoms with Gasteiger partial charge in [0.1, 0.15) is 0 Å². The van der Waals surface area contributed by atoms with Crippen molar-refractivity contribution in [2.45, 2.75) is 38.9 Å². The number of hydrogen-bond acceptors (Lipinski definition) is 3. The fraction of sp³-hybridized carbons (Fsp3) is 0.444.